The van der Waals surface area contributed by atoms with Gasteiger partial charge in [0.2, 0.25) is 5.91 Å². The number of aliphatic imine (C=N–C) groups is 1. The lowest BCUT2D eigenvalue weighted by Gasteiger charge is -2.39. The van der Waals surface area contributed by atoms with E-state index in [1.165, 1.54) is 30.6 Å². The van der Waals surface area contributed by atoms with Crippen LogP contribution in [0.1, 0.15) is 29.5 Å². The molecule has 3 aliphatic heterocycles. The third-order valence-electron chi connectivity index (χ3n) is 6.38. The average Bonchev–Trinajstić information content (AvgIpc) is 3.49. The van der Waals surface area contributed by atoms with E-state index in [1.807, 2.05) is 10.3 Å². The molecule has 11 heteroatoms. The van der Waals surface area contributed by atoms with E-state index in [1.54, 1.807) is 12.3 Å². The van der Waals surface area contributed by atoms with Gasteiger partial charge in [-0.15, -0.1) is 11.3 Å². The fourth-order valence-corrected chi connectivity index (χ4v) is 5.92. The molecule has 2 atom stereocenters. The van der Waals surface area contributed by atoms with Crippen LogP contribution in [0.2, 0.25) is 0 Å². The Balaban J connectivity index is 1.54. The zero-order valence-corrected chi connectivity index (χ0v) is 20.9. The van der Waals surface area contributed by atoms with Gasteiger partial charge in [-0.1, -0.05) is 22.0 Å². The van der Waals surface area contributed by atoms with Gasteiger partial charge in [0.25, 0.3) is 0 Å². The van der Waals surface area contributed by atoms with Gasteiger partial charge in [-0.25, -0.2) is 14.2 Å². The molecule has 34 heavy (non-hydrogen) atoms. The molecule has 1 aromatic carbocycles. The zero-order chi connectivity index (χ0) is 23.8. The first-order valence-corrected chi connectivity index (χ1v) is 12.6. The van der Waals surface area contributed by atoms with Crippen LogP contribution in [0.5, 0.6) is 0 Å². The largest absolute Gasteiger partial charge is 0.466 e. The molecule has 1 N–H and O–H groups in total. The predicted octanol–water partition coefficient (Wildman–Crippen LogP) is 2.87. The first-order valence-electron chi connectivity index (χ1n) is 11.0. The number of aromatic nitrogens is 1. The Morgan fingerprint density at radius 3 is 2.97 bits per heavy atom. The summed E-state index contributed by atoms with van der Waals surface area (Å²) in [5, 5.41) is 5.88. The number of carbonyl (C=O) groups is 2. The van der Waals surface area contributed by atoms with Crippen LogP contribution in [-0.2, 0) is 14.3 Å². The Morgan fingerprint density at radius 2 is 2.24 bits per heavy atom. The quantitative estimate of drug-likeness (QED) is 0.579. The summed E-state index contributed by atoms with van der Waals surface area (Å²) < 4.78 is 19.5. The van der Waals surface area contributed by atoms with Crippen LogP contribution in [-0.4, -0.2) is 71.8 Å². The second-order valence-electron chi connectivity index (χ2n) is 8.41. The van der Waals surface area contributed by atoms with Crippen molar-refractivity contribution in [1.82, 2.24) is 20.1 Å². The van der Waals surface area contributed by atoms with E-state index in [4.69, 9.17) is 9.73 Å². The molecule has 5 rings (SSSR count). The molecule has 2 aromatic rings. The third-order valence-corrected chi connectivity index (χ3v) is 7.85. The summed E-state index contributed by atoms with van der Waals surface area (Å²) in [5.74, 6) is -0.121. The lowest BCUT2D eigenvalue weighted by Crippen LogP contribution is -2.52. The maximum absolute atomic E-state index is 13.8. The Labute approximate surface area is 208 Å². The van der Waals surface area contributed by atoms with Crippen LogP contribution in [0.15, 0.2) is 50.5 Å². The van der Waals surface area contributed by atoms with Crippen molar-refractivity contribution in [1.29, 1.82) is 0 Å². The first-order chi connectivity index (χ1) is 16.4. The number of thiazole rings is 1. The lowest BCUT2D eigenvalue weighted by atomic mass is 9.95. The van der Waals surface area contributed by atoms with Crippen LogP contribution in [0.4, 0.5) is 4.39 Å². The maximum atomic E-state index is 13.8. The summed E-state index contributed by atoms with van der Waals surface area (Å²) in [6, 6.07) is 3.84. The SMILES string of the molecule is COC(=O)C1=C(CN2CCN3C(=O)CCC3C2)NC(c2nccs2)=NC1c1ccc(F)cc1Br. The van der Waals surface area contributed by atoms with Crippen molar-refractivity contribution >= 4 is 45.0 Å². The Bertz CT molecular complexity index is 1190. The minimum absolute atomic E-state index is 0.196. The van der Waals surface area contributed by atoms with Gasteiger partial charge in [0.1, 0.15) is 11.9 Å². The third kappa shape index (κ3) is 4.39. The van der Waals surface area contributed by atoms with Gasteiger partial charge >= 0.3 is 5.97 Å². The number of carbonyl (C=O) groups excluding carboxylic acids is 2. The number of rotatable bonds is 5. The van der Waals surface area contributed by atoms with E-state index in [0.717, 1.165) is 13.0 Å². The maximum Gasteiger partial charge on any atom is 0.338 e. The first kappa shape index (κ1) is 23.1. The number of nitrogens with zero attached hydrogens (tertiary/aromatic N) is 4. The number of ether oxygens (including phenoxy) is 1. The van der Waals surface area contributed by atoms with Crippen molar-refractivity contribution in [2.24, 2.45) is 4.99 Å². The van der Waals surface area contributed by atoms with E-state index < -0.39 is 12.0 Å². The summed E-state index contributed by atoms with van der Waals surface area (Å²) in [6.45, 7) is 2.57. The van der Waals surface area contributed by atoms with Crippen LogP contribution in [0.3, 0.4) is 0 Å². The molecule has 2 unspecified atom stereocenters. The number of hydrogen-bond donors (Lipinski definition) is 1. The van der Waals surface area contributed by atoms with Gasteiger partial charge in [-0.2, -0.15) is 0 Å². The van der Waals surface area contributed by atoms with Gasteiger partial charge in [0, 0.05) is 60.4 Å². The summed E-state index contributed by atoms with van der Waals surface area (Å²) in [4.78, 5) is 38.5. The fourth-order valence-electron chi connectivity index (χ4n) is 4.76. The molecule has 0 radical (unpaired) electrons. The van der Waals surface area contributed by atoms with E-state index >= 15 is 0 Å². The van der Waals surface area contributed by atoms with Gasteiger partial charge < -0.3 is 15.0 Å². The summed E-state index contributed by atoms with van der Waals surface area (Å²) >= 11 is 4.88. The number of amides is 1. The molecule has 2 saturated heterocycles. The van der Waals surface area contributed by atoms with Crippen molar-refractivity contribution in [2.75, 3.05) is 33.3 Å². The van der Waals surface area contributed by atoms with Gasteiger partial charge in [-0.3, -0.25) is 14.7 Å². The van der Waals surface area contributed by atoms with Crippen LogP contribution < -0.4 is 5.32 Å². The highest BCUT2D eigenvalue weighted by Crippen LogP contribution is 2.37. The molecule has 0 aliphatic carbocycles. The van der Waals surface area contributed by atoms with Crippen LogP contribution in [0.25, 0.3) is 0 Å². The monoisotopic (exact) mass is 547 g/mol. The highest BCUT2D eigenvalue weighted by Gasteiger charge is 2.38. The summed E-state index contributed by atoms with van der Waals surface area (Å²) in [6.07, 6.45) is 3.14. The summed E-state index contributed by atoms with van der Waals surface area (Å²) in [7, 11) is 1.34. The normalized spacial score (nSPS) is 23.0. The molecule has 178 valence electrons. The smallest absolute Gasteiger partial charge is 0.338 e. The number of halogens is 2. The van der Waals surface area contributed by atoms with E-state index in [-0.39, 0.29) is 17.8 Å². The molecule has 0 spiro atoms. The number of hydrogen-bond acceptors (Lipinski definition) is 8. The summed E-state index contributed by atoms with van der Waals surface area (Å²) in [5.41, 5.74) is 1.70. The van der Waals surface area contributed by atoms with E-state index in [0.29, 0.717) is 58.2 Å². The number of fused-ring (bicyclic) bond motifs is 1. The second-order valence-corrected chi connectivity index (χ2v) is 10.2. The Hall–Kier alpha value is -2.63. The van der Waals surface area contributed by atoms with E-state index in [2.05, 4.69) is 31.1 Å². The number of amidine groups is 1. The lowest BCUT2D eigenvalue weighted by molar-refractivity contribution is -0.136. The standard InChI is InChI=1S/C23H23BrFN5O3S/c1-33-23(32)19-17(12-29-7-8-30-14(11-29)3-5-18(30)31)27-21(22-26-6-9-34-22)28-20(19)15-4-2-13(25)10-16(15)24/h2,4,6,9-10,14,20H,3,5,7-8,11-12H2,1H3,(H,27,28). The minimum Gasteiger partial charge on any atom is -0.466 e. The van der Waals surface area contributed by atoms with E-state index in [9.17, 15) is 14.0 Å². The molecule has 1 aromatic heterocycles. The number of benzene rings is 1. The molecule has 1 amide bonds. The predicted molar refractivity (Wildman–Crippen MR) is 129 cm³/mol. The number of nitrogens with one attached hydrogen (secondary N) is 1. The van der Waals surface area contributed by atoms with Gasteiger partial charge in [-0.05, 0) is 24.1 Å². The molecular formula is C23H23BrFN5O3S. The Kier molecular flexibility index (Phi) is 6.50. The van der Waals surface area contributed by atoms with Crippen molar-refractivity contribution in [3.8, 4) is 0 Å². The number of piperazine rings is 1. The minimum atomic E-state index is -0.702. The Morgan fingerprint density at radius 1 is 1.38 bits per heavy atom. The van der Waals surface area contributed by atoms with Gasteiger partial charge in [0.15, 0.2) is 10.8 Å². The number of esters is 1. The van der Waals surface area contributed by atoms with Crippen molar-refractivity contribution in [3.05, 3.63) is 61.9 Å². The van der Waals surface area contributed by atoms with Crippen molar-refractivity contribution < 1.29 is 18.7 Å². The molecule has 4 heterocycles. The molecule has 3 aliphatic rings. The van der Waals surface area contributed by atoms with Crippen LogP contribution in [0, 0.1) is 5.82 Å². The topological polar surface area (TPSA) is 87.1 Å². The number of methoxy groups -OCH3 is 1. The highest BCUT2D eigenvalue weighted by molar-refractivity contribution is 9.10. The molecular weight excluding hydrogens is 525 g/mol. The van der Waals surface area contributed by atoms with Crippen molar-refractivity contribution in [2.45, 2.75) is 24.9 Å². The molecule has 0 bridgehead atoms. The average molecular weight is 548 g/mol. The highest BCUT2D eigenvalue weighted by atomic mass is 79.9. The second kappa shape index (κ2) is 9.55. The van der Waals surface area contributed by atoms with Gasteiger partial charge in [0.05, 0.1) is 12.7 Å². The molecule has 2 fully saturated rings. The van der Waals surface area contributed by atoms with Crippen molar-refractivity contribution in [3.63, 3.8) is 0 Å². The molecule has 8 nitrogen and oxygen atoms in total. The molecule has 0 saturated carbocycles. The fraction of sp³-hybridized carbons (Fsp3) is 0.391. The van der Waals surface area contributed by atoms with Crippen LogP contribution >= 0.6 is 27.3 Å². The zero-order valence-electron chi connectivity index (χ0n) is 18.5.